The molecule has 2 aliphatic rings. The minimum atomic E-state index is -0.290. The quantitative estimate of drug-likeness (QED) is 0.801. The molecule has 2 aromatic carbocycles. The van der Waals surface area contributed by atoms with Gasteiger partial charge in [-0.3, -0.25) is 19.3 Å². The Hall–Kier alpha value is -2.70. The molecule has 0 radical (unpaired) electrons. The zero-order chi connectivity index (χ0) is 19.0. The number of hydrogen-bond donors (Lipinski definition) is 1. The molecule has 2 heterocycles. The van der Waals surface area contributed by atoms with Crippen LogP contribution in [0.3, 0.4) is 0 Å². The molecular weight excluding hydrogens is 378 g/mol. The van der Waals surface area contributed by atoms with Crippen LogP contribution in [0.25, 0.3) is 0 Å². The molecule has 0 aromatic heterocycles. The Kier molecular flexibility index (Phi) is 5.82. The van der Waals surface area contributed by atoms with E-state index >= 15 is 0 Å². The van der Waals surface area contributed by atoms with E-state index in [2.05, 4.69) is 5.32 Å². The van der Waals surface area contributed by atoms with Crippen LogP contribution >= 0.6 is 12.4 Å². The van der Waals surface area contributed by atoms with E-state index in [1.54, 1.807) is 47.4 Å². The molecule has 3 amide bonds. The summed E-state index contributed by atoms with van der Waals surface area (Å²) in [5, 5.41) is 3.26. The molecule has 0 spiro atoms. The molecule has 0 aliphatic carbocycles. The highest BCUT2D eigenvalue weighted by Crippen LogP contribution is 2.24. The maximum atomic E-state index is 12.8. The van der Waals surface area contributed by atoms with Gasteiger partial charge in [-0.25, -0.2) is 0 Å². The molecule has 2 aliphatic heterocycles. The topological polar surface area (TPSA) is 69.7 Å². The van der Waals surface area contributed by atoms with E-state index in [1.807, 2.05) is 13.1 Å². The van der Waals surface area contributed by atoms with E-state index in [4.69, 9.17) is 0 Å². The number of benzene rings is 2. The highest BCUT2D eigenvalue weighted by atomic mass is 35.5. The molecule has 6 nitrogen and oxygen atoms in total. The van der Waals surface area contributed by atoms with Gasteiger partial charge < -0.3 is 10.2 Å². The number of imide groups is 1. The van der Waals surface area contributed by atoms with Gasteiger partial charge in [-0.2, -0.15) is 0 Å². The lowest BCUT2D eigenvalue weighted by Gasteiger charge is -2.24. The molecule has 146 valence electrons. The Morgan fingerprint density at radius 2 is 1.79 bits per heavy atom. The standard InChI is InChI=1S/C21H21N3O3.ClH/c1-23(16-9-10-22-12-16)19(25)15-6-4-5-14(11-15)13-24-20(26)17-7-2-3-8-18(17)21(24)27;/h2-8,11,16,22H,9-10,12-13H2,1H3;1H. The number of hydrogen-bond acceptors (Lipinski definition) is 4. The number of nitrogens with one attached hydrogen (secondary N) is 1. The lowest BCUT2D eigenvalue weighted by molar-refractivity contribution is 0.0642. The fourth-order valence-electron chi connectivity index (χ4n) is 3.71. The number of rotatable bonds is 4. The second kappa shape index (κ2) is 8.12. The molecule has 0 bridgehead atoms. The van der Waals surface area contributed by atoms with E-state index in [9.17, 15) is 14.4 Å². The summed E-state index contributed by atoms with van der Waals surface area (Å²) in [4.78, 5) is 40.8. The minimum absolute atomic E-state index is 0. The number of fused-ring (bicyclic) bond motifs is 1. The third kappa shape index (κ3) is 3.53. The van der Waals surface area contributed by atoms with Crippen molar-refractivity contribution < 1.29 is 14.4 Å². The van der Waals surface area contributed by atoms with Crippen molar-refractivity contribution in [1.29, 1.82) is 0 Å². The molecule has 2 aromatic rings. The van der Waals surface area contributed by atoms with Gasteiger partial charge in [0.05, 0.1) is 17.7 Å². The number of amides is 3. The third-order valence-corrected chi connectivity index (χ3v) is 5.30. The molecule has 1 atom stereocenters. The van der Waals surface area contributed by atoms with Crippen molar-refractivity contribution in [3.63, 3.8) is 0 Å². The first-order valence-electron chi connectivity index (χ1n) is 9.08. The van der Waals surface area contributed by atoms with Crippen molar-refractivity contribution in [1.82, 2.24) is 15.1 Å². The van der Waals surface area contributed by atoms with Crippen LogP contribution in [0, 0.1) is 0 Å². The molecule has 1 unspecified atom stereocenters. The fourth-order valence-corrected chi connectivity index (χ4v) is 3.71. The number of likely N-dealkylation sites (N-methyl/N-ethyl adjacent to an activating group) is 1. The summed E-state index contributed by atoms with van der Waals surface area (Å²) in [6.45, 7) is 1.88. The molecule has 1 saturated heterocycles. The number of halogens is 1. The second-order valence-corrected chi connectivity index (χ2v) is 7.01. The Morgan fingerprint density at radius 1 is 1.11 bits per heavy atom. The number of carbonyl (C=O) groups excluding carboxylic acids is 3. The van der Waals surface area contributed by atoms with Crippen LogP contribution in [0.15, 0.2) is 48.5 Å². The van der Waals surface area contributed by atoms with Crippen molar-refractivity contribution in [3.05, 3.63) is 70.8 Å². The van der Waals surface area contributed by atoms with Crippen LogP contribution in [-0.4, -0.2) is 53.7 Å². The van der Waals surface area contributed by atoms with Crippen LogP contribution in [0.5, 0.6) is 0 Å². The molecule has 7 heteroatoms. The van der Waals surface area contributed by atoms with Gasteiger partial charge >= 0.3 is 0 Å². The molecule has 4 rings (SSSR count). The summed E-state index contributed by atoms with van der Waals surface area (Å²) in [6, 6.07) is 14.2. The summed E-state index contributed by atoms with van der Waals surface area (Å²) in [5.74, 6) is -0.629. The molecule has 28 heavy (non-hydrogen) atoms. The van der Waals surface area contributed by atoms with Crippen LogP contribution in [0.1, 0.15) is 43.1 Å². The van der Waals surface area contributed by atoms with Crippen molar-refractivity contribution in [2.24, 2.45) is 0 Å². The monoisotopic (exact) mass is 399 g/mol. The third-order valence-electron chi connectivity index (χ3n) is 5.30. The van der Waals surface area contributed by atoms with Gasteiger partial charge in [0.2, 0.25) is 0 Å². The maximum Gasteiger partial charge on any atom is 0.261 e. The van der Waals surface area contributed by atoms with Crippen LogP contribution in [0.4, 0.5) is 0 Å². The smallest absolute Gasteiger partial charge is 0.261 e. The molecule has 0 saturated carbocycles. The Balaban J connectivity index is 0.00000225. The Bertz CT molecular complexity index is 890. The van der Waals surface area contributed by atoms with Crippen molar-refractivity contribution in [3.8, 4) is 0 Å². The fraction of sp³-hybridized carbons (Fsp3) is 0.286. The minimum Gasteiger partial charge on any atom is -0.337 e. The van der Waals surface area contributed by atoms with Gasteiger partial charge in [0, 0.05) is 25.2 Å². The normalized spacial score (nSPS) is 18.0. The van der Waals surface area contributed by atoms with Crippen LogP contribution < -0.4 is 5.32 Å². The largest absolute Gasteiger partial charge is 0.337 e. The van der Waals surface area contributed by atoms with Gasteiger partial charge in [-0.15, -0.1) is 12.4 Å². The highest BCUT2D eigenvalue weighted by Gasteiger charge is 2.35. The maximum absolute atomic E-state index is 12.8. The van der Waals surface area contributed by atoms with E-state index in [1.165, 1.54) is 4.90 Å². The first-order chi connectivity index (χ1) is 13.1. The number of nitrogens with zero attached hydrogens (tertiary/aromatic N) is 2. The van der Waals surface area contributed by atoms with E-state index in [-0.39, 0.29) is 42.7 Å². The first-order valence-corrected chi connectivity index (χ1v) is 9.08. The predicted octanol–water partition coefficient (Wildman–Crippen LogP) is 2.34. The van der Waals surface area contributed by atoms with Gasteiger partial charge in [0.1, 0.15) is 0 Å². The SMILES string of the molecule is CN(C(=O)c1cccc(CN2C(=O)c3ccccc3C2=O)c1)C1CCNC1.Cl. The van der Waals surface area contributed by atoms with Gasteiger partial charge in [-0.05, 0) is 42.8 Å². The molecule has 1 fully saturated rings. The lowest BCUT2D eigenvalue weighted by Crippen LogP contribution is -2.38. The van der Waals surface area contributed by atoms with Crippen molar-refractivity contribution in [2.45, 2.75) is 19.0 Å². The Morgan fingerprint density at radius 3 is 2.39 bits per heavy atom. The van der Waals surface area contributed by atoms with E-state index in [0.29, 0.717) is 16.7 Å². The van der Waals surface area contributed by atoms with Gasteiger partial charge in [0.25, 0.3) is 17.7 Å². The highest BCUT2D eigenvalue weighted by molar-refractivity contribution is 6.21. The molecule has 1 N–H and O–H groups in total. The van der Waals surface area contributed by atoms with Gasteiger partial charge in [0.15, 0.2) is 0 Å². The molecular formula is C21H22ClN3O3. The predicted molar refractivity (Wildman–Crippen MR) is 108 cm³/mol. The summed E-state index contributed by atoms with van der Waals surface area (Å²) >= 11 is 0. The average Bonchev–Trinajstić information content (AvgIpc) is 3.31. The zero-order valence-corrected chi connectivity index (χ0v) is 16.4. The summed E-state index contributed by atoms with van der Waals surface area (Å²) in [6.07, 6.45) is 0.941. The first kappa shape index (κ1) is 20.0. The summed E-state index contributed by atoms with van der Waals surface area (Å²) < 4.78 is 0. The average molecular weight is 400 g/mol. The van der Waals surface area contributed by atoms with Crippen molar-refractivity contribution >= 4 is 30.1 Å². The van der Waals surface area contributed by atoms with Gasteiger partial charge in [-0.1, -0.05) is 24.3 Å². The summed E-state index contributed by atoms with van der Waals surface area (Å²) in [5.41, 5.74) is 2.19. The zero-order valence-electron chi connectivity index (χ0n) is 15.6. The van der Waals surface area contributed by atoms with Crippen LogP contribution in [0.2, 0.25) is 0 Å². The summed E-state index contributed by atoms with van der Waals surface area (Å²) in [7, 11) is 1.82. The lowest BCUT2D eigenvalue weighted by atomic mass is 10.1. The van der Waals surface area contributed by atoms with Crippen molar-refractivity contribution in [2.75, 3.05) is 20.1 Å². The Labute approximate surface area is 169 Å². The van der Waals surface area contributed by atoms with E-state index in [0.717, 1.165) is 25.1 Å². The number of carbonyl (C=O) groups is 3. The van der Waals surface area contributed by atoms with Crippen LogP contribution in [-0.2, 0) is 6.54 Å². The van der Waals surface area contributed by atoms with E-state index < -0.39 is 0 Å². The second-order valence-electron chi connectivity index (χ2n) is 7.01.